The Hall–Kier alpha value is -1.61. The number of ketones is 1. The smallest absolute Gasteiger partial charge is 0.189 e. The standard InChI is InChI=1S/C14H16O3/c1-10-14(2,17-10)13(15)9-8-11-6-4-5-7-12(11)16-3/h4-10H,1-3H3/b9-8+. The summed E-state index contributed by atoms with van der Waals surface area (Å²) in [6.45, 7) is 3.71. The molecule has 17 heavy (non-hydrogen) atoms. The topological polar surface area (TPSA) is 38.8 Å². The van der Waals surface area contributed by atoms with E-state index in [0.717, 1.165) is 11.3 Å². The van der Waals surface area contributed by atoms with Gasteiger partial charge in [0.25, 0.3) is 0 Å². The molecular weight excluding hydrogens is 216 g/mol. The van der Waals surface area contributed by atoms with Gasteiger partial charge in [0.1, 0.15) is 5.75 Å². The third-order valence-electron chi connectivity index (χ3n) is 3.18. The van der Waals surface area contributed by atoms with Crippen molar-refractivity contribution >= 4 is 11.9 Å². The second kappa shape index (κ2) is 4.34. The molecule has 0 spiro atoms. The molecule has 90 valence electrons. The molecule has 0 saturated carbocycles. The number of carbonyl (C=O) groups excluding carboxylic acids is 1. The molecule has 0 aliphatic carbocycles. The minimum atomic E-state index is -0.626. The van der Waals surface area contributed by atoms with Gasteiger partial charge in [-0.05, 0) is 32.1 Å². The maximum absolute atomic E-state index is 11.9. The number of hydrogen-bond acceptors (Lipinski definition) is 3. The quantitative estimate of drug-likeness (QED) is 0.591. The van der Waals surface area contributed by atoms with Crippen LogP contribution in [0.3, 0.4) is 0 Å². The lowest BCUT2D eigenvalue weighted by atomic mass is 10.0. The van der Waals surface area contributed by atoms with Gasteiger partial charge in [0.2, 0.25) is 0 Å². The fraction of sp³-hybridized carbons (Fsp3) is 0.357. The monoisotopic (exact) mass is 232 g/mol. The van der Waals surface area contributed by atoms with Crippen molar-refractivity contribution in [1.82, 2.24) is 0 Å². The van der Waals surface area contributed by atoms with E-state index in [1.54, 1.807) is 19.3 Å². The minimum absolute atomic E-state index is 0.00379. The van der Waals surface area contributed by atoms with Crippen LogP contribution in [0.25, 0.3) is 6.08 Å². The first-order chi connectivity index (χ1) is 8.08. The van der Waals surface area contributed by atoms with Crippen LogP contribution in [-0.2, 0) is 9.53 Å². The first kappa shape index (κ1) is 11.9. The second-order valence-corrected chi connectivity index (χ2v) is 4.31. The molecule has 1 heterocycles. The van der Waals surface area contributed by atoms with E-state index in [1.165, 1.54) is 0 Å². The van der Waals surface area contributed by atoms with E-state index in [4.69, 9.17) is 9.47 Å². The lowest BCUT2D eigenvalue weighted by Crippen LogP contribution is -2.20. The first-order valence-corrected chi connectivity index (χ1v) is 5.61. The summed E-state index contributed by atoms with van der Waals surface area (Å²) in [6.07, 6.45) is 3.33. The molecule has 2 atom stereocenters. The normalized spacial score (nSPS) is 27.1. The van der Waals surface area contributed by atoms with Gasteiger partial charge in [-0.1, -0.05) is 18.2 Å². The van der Waals surface area contributed by atoms with Gasteiger partial charge in [0, 0.05) is 5.56 Å². The molecule has 1 aromatic carbocycles. The van der Waals surface area contributed by atoms with Crippen molar-refractivity contribution < 1.29 is 14.3 Å². The first-order valence-electron chi connectivity index (χ1n) is 5.61. The Labute approximate surface area is 101 Å². The lowest BCUT2D eigenvalue weighted by Gasteiger charge is -2.03. The average Bonchev–Trinajstić information content (AvgIpc) is 2.96. The molecule has 1 aliphatic heterocycles. The van der Waals surface area contributed by atoms with Gasteiger partial charge in [-0.15, -0.1) is 0 Å². The number of para-hydroxylation sites is 1. The molecule has 0 N–H and O–H groups in total. The summed E-state index contributed by atoms with van der Waals surface area (Å²) in [7, 11) is 1.61. The van der Waals surface area contributed by atoms with Gasteiger partial charge < -0.3 is 9.47 Å². The average molecular weight is 232 g/mol. The Morgan fingerprint density at radius 3 is 2.71 bits per heavy atom. The number of hydrogen-bond donors (Lipinski definition) is 0. The van der Waals surface area contributed by atoms with E-state index in [2.05, 4.69) is 0 Å². The third-order valence-corrected chi connectivity index (χ3v) is 3.18. The van der Waals surface area contributed by atoms with Crippen molar-refractivity contribution in [2.75, 3.05) is 7.11 Å². The summed E-state index contributed by atoms with van der Waals surface area (Å²) in [6, 6.07) is 7.57. The molecule has 1 fully saturated rings. The van der Waals surface area contributed by atoms with E-state index >= 15 is 0 Å². The van der Waals surface area contributed by atoms with Crippen LogP contribution in [0.1, 0.15) is 19.4 Å². The van der Waals surface area contributed by atoms with Crippen LogP contribution in [0, 0.1) is 0 Å². The van der Waals surface area contributed by atoms with Crippen molar-refractivity contribution in [3.8, 4) is 5.75 Å². The minimum Gasteiger partial charge on any atom is -0.496 e. The van der Waals surface area contributed by atoms with Gasteiger partial charge in [-0.2, -0.15) is 0 Å². The van der Waals surface area contributed by atoms with E-state index in [1.807, 2.05) is 38.1 Å². The highest BCUT2D eigenvalue weighted by Crippen LogP contribution is 2.36. The number of ether oxygens (including phenoxy) is 2. The molecule has 1 saturated heterocycles. The zero-order valence-electron chi connectivity index (χ0n) is 10.3. The van der Waals surface area contributed by atoms with Gasteiger partial charge >= 0.3 is 0 Å². The zero-order valence-corrected chi connectivity index (χ0v) is 10.3. The number of methoxy groups -OCH3 is 1. The number of benzene rings is 1. The summed E-state index contributed by atoms with van der Waals surface area (Å²) in [4.78, 5) is 11.9. The van der Waals surface area contributed by atoms with Crippen molar-refractivity contribution in [1.29, 1.82) is 0 Å². The summed E-state index contributed by atoms with van der Waals surface area (Å²) < 4.78 is 10.5. The molecule has 1 aliphatic rings. The fourth-order valence-corrected chi connectivity index (χ4v) is 1.73. The lowest BCUT2D eigenvalue weighted by molar-refractivity contribution is -0.118. The Morgan fingerprint density at radius 2 is 2.12 bits per heavy atom. The van der Waals surface area contributed by atoms with Crippen LogP contribution < -0.4 is 4.74 Å². The number of carbonyl (C=O) groups is 1. The summed E-state index contributed by atoms with van der Waals surface area (Å²) in [5.74, 6) is 0.752. The molecule has 0 radical (unpaired) electrons. The highest BCUT2D eigenvalue weighted by atomic mass is 16.6. The summed E-state index contributed by atoms with van der Waals surface area (Å²) in [5.41, 5.74) is 0.263. The largest absolute Gasteiger partial charge is 0.496 e. The van der Waals surface area contributed by atoms with Crippen LogP contribution in [0.4, 0.5) is 0 Å². The van der Waals surface area contributed by atoms with E-state index < -0.39 is 5.60 Å². The number of epoxide rings is 1. The maximum Gasteiger partial charge on any atom is 0.189 e. The van der Waals surface area contributed by atoms with Crippen molar-refractivity contribution in [3.63, 3.8) is 0 Å². The van der Waals surface area contributed by atoms with E-state index in [9.17, 15) is 4.79 Å². The highest BCUT2D eigenvalue weighted by Gasteiger charge is 2.54. The van der Waals surface area contributed by atoms with Gasteiger partial charge in [-0.25, -0.2) is 0 Å². The Morgan fingerprint density at radius 1 is 1.47 bits per heavy atom. The summed E-state index contributed by atoms with van der Waals surface area (Å²) in [5, 5.41) is 0. The van der Waals surface area contributed by atoms with Gasteiger partial charge in [-0.3, -0.25) is 4.79 Å². The molecule has 2 unspecified atom stereocenters. The molecule has 3 heteroatoms. The van der Waals surface area contributed by atoms with E-state index in [-0.39, 0.29) is 11.9 Å². The van der Waals surface area contributed by atoms with Crippen molar-refractivity contribution in [2.45, 2.75) is 25.6 Å². The molecule has 0 aromatic heterocycles. The van der Waals surface area contributed by atoms with Crippen LogP contribution in [0.15, 0.2) is 30.3 Å². The summed E-state index contributed by atoms with van der Waals surface area (Å²) >= 11 is 0. The molecule has 1 aromatic rings. The van der Waals surface area contributed by atoms with Crippen molar-refractivity contribution in [3.05, 3.63) is 35.9 Å². The third kappa shape index (κ3) is 2.24. The van der Waals surface area contributed by atoms with E-state index in [0.29, 0.717) is 0 Å². The molecule has 3 nitrogen and oxygen atoms in total. The molecule has 2 rings (SSSR count). The van der Waals surface area contributed by atoms with Gasteiger partial charge in [0.15, 0.2) is 11.4 Å². The zero-order chi connectivity index (χ0) is 12.5. The second-order valence-electron chi connectivity index (χ2n) is 4.31. The predicted molar refractivity (Wildman–Crippen MR) is 66.0 cm³/mol. The van der Waals surface area contributed by atoms with Crippen LogP contribution in [0.2, 0.25) is 0 Å². The molecular formula is C14H16O3. The molecule has 0 bridgehead atoms. The Balaban J connectivity index is 2.13. The SMILES string of the molecule is COc1ccccc1/C=C/C(=O)C1(C)OC1C. The predicted octanol–water partition coefficient (Wildman–Crippen LogP) is 2.45. The fourth-order valence-electron chi connectivity index (χ4n) is 1.73. The molecule has 0 amide bonds. The number of rotatable bonds is 4. The van der Waals surface area contributed by atoms with Crippen LogP contribution >= 0.6 is 0 Å². The Kier molecular flexibility index (Phi) is 3.03. The van der Waals surface area contributed by atoms with Crippen LogP contribution in [-0.4, -0.2) is 24.6 Å². The highest BCUT2D eigenvalue weighted by molar-refractivity contribution is 6.02. The van der Waals surface area contributed by atoms with Crippen LogP contribution in [0.5, 0.6) is 5.75 Å². The Bertz CT molecular complexity index is 464. The maximum atomic E-state index is 11.9. The van der Waals surface area contributed by atoms with Gasteiger partial charge in [0.05, 0.1) is 13.2 Å². The van der Waals surface area contributed by atoms with Crippen molar-refractivity contribution in [2.24, 2.45) is 0 Å².